The fourth-order valence-corrected chi connectivity index (χ4v) is 3.06. The molecule has 0 amide bonds. The van der Waals surface area contributed by atoms with Gasteiger partial charge in [0.15, 0.2) is 0 Å². The Morgan fingerprint density at radius 3 is 2.68 bits per heavy atom. The van der Waals surface area contributed by atoms with E-state index in [-0.39, 0.29) is 0 Å². The second-order valence-electron chi connectivity index (χ2n) is 5.84. The molecule has 0 saturated carbocycles. The molecule has 0 radical (unpaired) electrons. The largest absolute Gasteiger partial charge is 0.382 e. The van der Waals surface area contributed by atoms with Gasteiger partial charge in [-0.2, -0.15) is 0 Å². The maximum absolute atomic E-state index is 3.72. The lowest BCUT2D eigenvalue weighted by molar-refractivity contribution is 0.206. The van der Waals surface area contributed by atoms with Crippen LogP contribution in [0.15, 0.2) is 42.5 Å². The second kappa shape index (κ2) is 5.22. The van der Waals surface area contributed by atoms with Crippen molar-refractivity contribution in [3.8, 4) is 0 Å². The van der Waals surface area contributed by atoms with Gasteiger partial charge in [-0.1, -0.05) is 37.3 Å². The Labute approximate surface area is 115 Å². The number of piperidine rings is 1. The number of benzene rings is 2. The van der Waals surface area contributed by atoms with Crippen molar-refractivity contribution in [1.82, 2.24) is 4.90 Å². The van der Waals surface area contributed by atoms with Gasteiger partial charge in [-0.25, -0.2) is 0 Å². The first-order chi connectivity index (χ1) is 9.22. The van der Waals surface area contributed by atoms with Crippen molar-refractivity contribution in [3.63, 3.8) is 0 Å². The highest BCUT2D eigenvalue weighted by molar-refractivity contribution is 5.85. The van der Waals surface area contributed by atoms with Gasteiger partial charge in [0.2, 0.25) is 0 Å². The highest BCUT2D eigenvalue weighted by Crippen LogP contribution is 2.23. The van der Waals surface area contributed by atoms with Crippen LogP contribution in [0.4, 0.5) is 5.69 Å². The van der Waals surface area contributed by atoms with Crippen LogP contribution < -0.4 is 5.32 Å². The van der Waals surface area contributed by atoms with E-state index in [0.29, 0.717) is 12.0 Å². The van der Waals surface area contributed by atoms with Gasteiger partial charge in [0, 0.05) is 18.3 Å². The summed E-state index contributed by atoms with van der Waals surface area (Å²) in [5, 5.41) is 6.34. The smallest absolute Gasteiger partial charge is 0.0348 e. The topological polar surface area (TPSA) is 15.3 Å². The van der Waals surface area contributed by atoms with Crippen LogP contribution in [0.5, 0.6) is 0 Å². The first-order valence-electron chi connectivity index (χ1n) is 7.16. The molecule has 1 heterocycles. The number of anilines is 1. The molecule has 0 aliphatic carbocycles. The van der Waals surface area contributed by atoms with E-state index < -0.39 is 0 Å². The second-order valence-corrected chi connectivity index (χ2v) is 5.84. The van der Waals surface area contributed by atoms with Crippen LogP contribution in [-0.4, -0.2) is 31.1 Å². The summed E-state index contributed by atoms with van der Waals surface area (Å²) >= 11 is 0. The van der Waals surface area contributed by atoms with Crippen LogP contribution in [0.1, 0.15) is 13.3 Å². The van der Waals surface area contributed by atoms with Crippen molar-refractivity contribution in [1.29, 1.82) is 0 Å². The van der Waals surface area contributed by atoms with Crippen molar-refractivity contribution in [2.45, 2.75) is 19.4 Å². The summed E-state index contributed by atoms with van der Waals surface area (Å²) in [7, 11) is 2.21. The zero-order chi connectivity index (χ0) is 13.2. The summed E-state index contributed by atoms with van der Waals surface area (Å²) < 4.78 is 0. The number of hydrogen-bond donors (Lipinski definition) is 1. The van der Waals surface area contributed by atoms with Gasteiger partial charge in [-0.15, -0.1) is 0 Å². The molecule has 2 aromatic rings. The zero-order valence-corrected chi connectivity index (χ0v) is 11.8. The molecule has 100 valence electrons. The SMILES string of the molecule is CC1CN(C)CCC1Nc1ccc2ccccc2c1. The molecule has 0 aromatic heterocycles. The first kappa shape index (κ1) is 12.5. The number of hydrogen-bond acceptors (Lipinski definition) is 2. The van der Waals surface area contributed by atoms with E-state index in [9.17, 15) is 0 Å². The van der Waals surface area contributed by atoms with Gasteiger partial charge in [-0.05, 0) is 48.8 Å². The molecule has 1 N–H and O–H groups in total. The Bertz CT molecular complexity index is 564. The number of fused-ring (bicyclic) bond motifs is 1. The van der Waals surface area contributed by atoms with Crippen LogP contribution in [0.2, 0.25) is 0 Å². The van der Waals surface area contributed by atoms with E-state index in [0.717, 1.165) is 0 Å². The zero-order valence-electron chi connectivity index (χ0n) is 11.8. The third-order valence-electron chi connectivity index (χ3n) is 4.21. The molecule has 1 aliphatic heterocycles. The third kappa shape index (κ3) is 2.74. The summed E-state index contributed by atoms with van der Waals surface area (Å²) in [6.07, 6.45) is 1.23. The van der Waals surface area contributed by atoms with Crippen LogP contribution in [0.25, 0.3) is 10.8 Å². The highest BCUT2D eigenvalue weighted by Gasteiger charge is 2.23. The van der Waals surface area contributed by atoms with E-state index in [1.807, 2.05) is 0 Å². The number of likely N-dealkylation sites (tertiary alicyclic amines) is 1. The van der Waals surface area contributed by atoms with Gasteiger partial charge in [0.25, 0.3) is 0 Å². The third-order valence-corrected chi connectivity index (χ3v) is 4.21. The van der Waals surface area contributed by atoms with Crippen molar-refractivity contribution in [2.24, 2.45) is 5.92 Å². The normalized spacial score (nSPS) is 24.5. The summed E-state index contributed by atoms with van der Waals surface area (Å²) in [4.78, 5) is 2.42. The summed E-state index contributed by atoms with van der Waals surface area (Å²) in [6, 6.07) is 15.8. The Morgan fingerprint density at radius 1 is 1.11 bits per heavy atom. The lowest BCUT2D eigenvalue weighted by atomic mass is 9.94. The van der Waals surface area contributed by atoms with Crippen LogP contribution in [-0.2, 0) is 0 Å². The molecule has 2 atom stereocenters. The van der Waals surface area contributed by atoms with Gasteiger partial charge in [-0.3, -0.25) is 0 Å². The molecular formula is C17H22N2. The van der Waals surface area contributed by atoms with Crippen LogP contribution >= 0.6 is 0 Å². The van der Waals surface area contributed by atoms with E-state index in [4.69, 9.17) is 0 Å². The van der Waals surface area contributed by atoms with E-state index in [2.05, 4.69) is 66.7 Å². The highest BCUT2D eigenvalue weighted by atomic mass is 15.1. The molecule has 2 nitrogen and oxygen atoms in total. The molecule has 19 heavy (non-hydrogen) atoms. The molecule has 0 spiro atoms. The number of nitrogens with one attached hydrogen (secondary N) is 1. The Morgan fingerprint density at radius 2 is 1.89 bits per heavy atom. The van der Waals surface area contributed by atoms with Crippen molar-refractivity contribution in [3.05, 3.63) is 42.5 Å². The summed E-state index contributed by atoms with van der Waals surface area (Å²) in [5.74, 6) is 0.699. The average molecular weight is 254 g/mol. The molecule has 2 unspecified atom stereocenters. The van der Waals surface area contributed by atoms with Gasteiger partial charge in [0.1, 0.15) is 0 Å². The average Bonchev–Trinajstić information content (AvgIpc) is 2.42. The molecule has 3 rings (SSSR count). The van der Waals surface area contributed by atoms with Crippen LogP contribution in [0, 0.1) is 5.92 Å². The molecule has 2 aromatic carbocycles. The maximum atomic E-state index is 3.72. The Kier molecular flexibility index (Phi) is 3.43. The van der Waals surface area contributed by atoms with Crippen molar-refractivity contribution < 1.29 is 0 Å². The minimum absolute atomic E-state index is 0.595. The Hall–Kier alpha value is -1.54. The lowest BCUT2D eigenvalue weighted by Gasteiger charge is -2.35. The van der Waals surface area contributed by atoms with Crippen LogP contribution in [0.3, 0.4) is 0 Å². The minimum atomic E-state index is 0.595. The lowest BCUT2D eigenvalue weighted by Crippen LogP contribution is -2.43. The van der Waals surface area contributed by atoms with Gasteiger partial charge < -0.3 is 10.2 Å². The molecule has 1 aliphatic rings. The molecule has 1 saturated heterocycles. The van der Waals surface area contributed by atoms with Gasteiger partial charge in [0.05, 0.1) is 0 Å². The Balaban J connectivity index is 1.77. The first-order valence-corrected chi connectivity index (χ1v) is 7.16. The van der Waals surface area contributed by atoms with Crippen molar-refractivity contribution in [2.75, 3.05) is 25.5 Å². The standard InChI is InChI=1S/C17H22N2/c1-13-12-19(2)10-9-17(13)18-16-8-7-14-5-3-4-6-15(14)11-16/h3-8,11,13,17-18H,9-10,12H2,1-2H3. The van der Waals surface area contributed by atoms with E-state index >= 15 is 0 Å². The molecule has 1 fully saturated rings. The number of nitrogens with zero attached hydrogens (tertiary/aromatic N) is 1. The fraction of sp³-hybridized carbons (Fsp3) is 0.412. The predicted octanol–water partition coefficient (Wildman–Crippen LogP) is 3.59. The monoisotopic (exact) mass is 254 g/mol. The predicted molar refractivity (Wildman–Crippen MR) is 82.6 cm³/mol. The van der Waals surface area contributed by atoms with E-state index in [1.165, 1.54) is 36.0 Å². The number of rotatable bonds is 2. The quantitative estimate of drug-likeness (QED) is 0.881. The summed E-state index contributed by atoms with van der Waals surface area (Å²) in [5.41, 5.74) is 1.25. The maximum Gasteiger partial charge on any atom is 0.0348 e. The minimum Gasteiger partial charge on any atom is -0.382 e. The molecule has 2 heteroatoms. The van der Waals surface area contributed by atoms with Gasteiger partial charge >= 0.3 is 0 Å². The molecule has 0 bridgehead atoms. The van der Waals surface area contributed by atoms with E-state index in [1.54, 1.807) is 0 Å². The van der Waals surface area contributed by atoms with Crippen molar-refractivity contribution >= 4 is 16.5 Å². The fourth-order valence-electron chi connectivity index (χ4n) is 3.06. The molecular weight excluding hydrogens is 232 g/mol. The summed E-state index contributed by atoms with van der Waals surface area (Å²) in [6.45, 7) is 4.72.